The number of hydroxylamine groups is 2. The SMILES string of the molecule is CC(C)(C)OC(=O)CCc1cccnc1N1CON(c2cc(Cl)ccc2-n2cc(Cl)nn2)CO1. The molecule has 0 N–H and O–H groups in total. The van der Waals surface area contributed by atoms with Crippen molar-refractivity contribution in [2.45, 2.75) is 39.2 Å². The Hall–Kier alpha value is -2.92. The van der Waals surface area contributed by atoms with Gasteiger partial charge in [-0.25, -0.2) is 29.5 Å². The van der Waals surface area contributed by atoms with Crippen LogP contribution in [0.1, 0.15) is 32.8 Å². The molecular formula is C22H24Cl2N6O4. The Morgan fingerprint density at radius 3 is 2.56 bits per heavy atom. The summed E-state index contributed by atoms with van der Waals surface area (Å²) in [5.74, 6) is 0.297. The second kappa shape index (κ2) is 10.1. The molecule has 0 spiro atoms. The lowest BCUT2D eigenvalue weighted by Crippen LogP contribution is -2.44. The van der Waals surface area contributed by atoms with E-state index in [1.807, 2.05) is 32.9 Å². The molecule has 1 saturated heterocycles. The third kappa shape index (κ3) is 5.95. The second-order valence-electron chi connectivity index (χ2n) is 8.46. The third-order valence-corrected chi connectivity index (χ3v) is 5.11. The van der Waals surface area contributed by atoms with Crippen LogP contribution in [0.2, 0.25) is 10.2 Å². The van der Waals surface area contributed by atoms with E-state index in [4.69, 9.17) is 37.6 Å². The molecule has 1 fully saturated rings. The van der Waals surface area contributed by atoms with E-state index in [0.29, 0.717) is 28.6 Å². The highest BCUT2D eigenvalue weighted by Gasteiger charge is 2.25. The Morgan fingerprint density at radius 1 is 1.12 bits per heavy atom. The van der Waals surface area contributed by atoms with Gasteiger partial charge in [-0.1, -0.05) is 34.5 Å². The second-order valence-corrected chi connectivity index (χ2v) is 9.29. The fourth-order valence-corrected chi connectivity index (χ4v) is 3.60. The lowest BCUT2D eigenvalue weighted by atomic mass is 10.1. The van der Waals surface area contributed by atoms with Gasteiger partial charge < -0.3 is 4.74 Å². The van der Waals surface area contributed by atoms with Gasteiger partial charge in [-0.15, -0.1) is 5.10 Å². The number of anilines is 2. The number of benzene rings is 1. The summed E-state index contributed by atoms with van der Waals surface area (Å²) in [4.78, 5) is 28.5. The van der Waals surface area contributed by atoms with E-state index in [1.165, 1.54) is 9.75 Å². The van der Waals surface area contributed by atoms with Crippen LogP contribution in [0.25, 0.3) is 5.69 Å². The van der Waals surface area contributed by atoms with E-state index in [9.17, 15) is 4.79 Å². The fraction of sp³-hybridized carbons (Fsp3) is 0.364. The van der Waals surface area contributed by atoms with E-state index >= 15 is 0 Å². The molecule has 12 heteroatoms. The van der Waals surface area contributed by atoms with Crippen molar-refractivity contribution in [1.29, 1.82) is 0 Å². The molecule has 3 aromatic rings. The highest BCUT2D eigenvalue weighted by Crippen LogP contribution is 2.31. The zero-order valence-corrected chi connectivity index (χ0v) is 20.5. The minimum absolute atomic E-state index is 0.0534. The first-order valence-corrected chi connectivity index (χ1v) is 11.3. The molecule has 0 atom stereocenters. The highest BCUT2D eigenvalue weighted by atomic mass is 35.5. The molecular weight excluding hydrogens is 483 g/mol. The van der Waals surface area contributed by atoms with Crippen LogP contribution in [-0.4, -0.2) is 45.0 Å². The number of carbonyl (C=O) groups is 1. The van der Waals surface area contributed by atoms with Crippen LogP contribution in [0, 0.1) is 0 Å². The molecule has 1 aliphatic heterocycles. The summed E-state index contributed by atoms with van der Waals surface area (Å²) in [5.41, 5.74) is 1.60. The smallest absolute Gasteiger partial charge is 0.306 e. The summed E-state index contributed by atoms with van der Waals surface area (Å²) >= 11 is 12.1. The predicted molar refractivity (Wildman–Crippen MR) is 127 cm³/mol. The largest absolute Gasteiger partial charge is 0.460 e. The van der Waals surface area contributed by atoms with Gasteiger partial charge in [0.25, 0.3) is 0 Å². The normalized spacial score (nSPS) is 14.4. The van der Waals surface area contributed by atoms with Crippen molar-refractivity contribution < 1.29 is 19.2 Å². The summed E-state index contributed by atoms with van der Waals surface area (Å²) in [7, 11) is 0. The summed E-state index contributed by atoms with van der Waals surface area (Å²) < 4.78 is 6.93. The predicted octanol–water partition coefficient (Wildman–Crippen LogP) is 4.35. The number of esters is 1. The average Bonchev–Trinajstić information content (AvgIpc) is 3.23. The molecule has 0 bridgehead atoms. The summed E-state index contributed by atoms with van der Waals surface area (Å²) in [6, 6.07) is 8.96. The Labute approximate surface area is 206 Å². The molecule has 180 valence electrons. The lowest BCUT2D eigenvalue weighted by Gasteiger charge is -2.35. The number of hydrogen-bond acceptors (Lipinski definition) is 9. The van der Waals surface area contributed by atoms with E-state index in [0.717, 1.165) is 5.56 Å². The van der Waals surface area contributed by atoms with E-state index in [2.05, 4.69) is 15.3 Å². The zero-order chi connectivity index (χ0) is 24.3. The van der Waals surface area contributed by atoms with Crippen LogP contribution in [0.3, 0.4) is 0 Å². The van der Waals surface area contributed by atoms with Gasteiger partial charge in [0.05, 0.1) is 17.6 Å². The molecule has 1 aromatic carbocycles. The highest BCUT2D eigenvalue weighted by molar-refractivity contribution is 6.31. The van der Waals surface area contributed by atoms with Crippen molar-refractivity contribution in [1.82, 2.24) is 20.0 Å². The number of halogens is 2. The number of pyridine rings is 1. The first-order valence-electron chi connectivity index (χ1n) is 10.5. The van der Waals surface area contributed by atoms with Crippen LogP contribution in [0.15, 0.2) is 42.7 Å². The Morgan fingerprint density at radius 2 is 1.88 bits per heavy atom. The third-order valence-electron chi connectivity index (χ3n) is 4.70. The average molecular weight is 507 g/mol. The summed E-state index contributed by atoms with van der Waals surface area (Å²) in [6.07, 6.45) is 3.91. The number of ether oxygens (including phenoxy) is 1. The number of hydrogen-bond donors (Lipinski definition) is 0. The summed E-state index contributed by atoms with van der Waals surface area (Å²) in [5, 5.41) is 11.7. The van der Waals surface area contributed by atoms with Crippen molar-refractivity contribution in [3.63, 3.8) is 0 Å². The first-order chi connectivity index (χ1) is 16.2. The van der Waals surface area contributed by atoms with Crippen LogP contribution in [0.5, 0.6) is 0 Å². The Bertz CT molecular complexity index is 1160. The molecule has 0 aliphatic carbocycles. The fourth-order valence-electron chi connectivity index (χ4n) is 3.31. The standard InChI is InChI=1S/C22H24Cl2N6O4/c1-22(2,3)34-20(31)9-6-15-5-4-10-25-21(15)30-14-32-29(13-33-30)18-11-16(23)7-8-17(18)28-12-19(24)26-27-28/h4-5,7-8,10-12H,6,9,13-14H2,1-3H3. The number of aromatic nitrogens is 4. The van der Waals surface area contributed by atoms with Crippen molar-refractivity contribution in [3.05, 3.63) is 58.5 Å². The molecule has 2 aromatic heterocycles. The van der Waals surface area contributed by atoms with Gasteiger partial charge in [0.15, 0.2) is 24.4 Å². The maximum Gasteiger partial charge on any atom is 0.306 e. The monoisotopic (exact) mass is 506 g/mol. The molecule has 1 aliphatic rings. The number of aryl methyl sites for hydroxylation is 1. The molecule has 0 amide bonds. The van der Waals surface area contributed by atoms with Crippen molar-refractivity contribution in [3.8, 4) is 5.69 Å². The minimum atomic E-state index is -0.529. The van der Waals surface area contributed by atoms with E-state index in [1.54, 1.807) is 35.7 Å². The summed E-state index contributed by atoms with van der Waals surface area (Å²) in [6.45, 7) is 5.63. The quantitative estimate of drug-likeness (QED) is 0.452. The van der Waals surface area contributed by atoms with Gasteiger partial charge in [-0.3, -0.25) is 4.79 Å². The van der Waals surface area contributed by atoms with Gasteiger partial charge in [0.1, 0.15) is 5.60 Å². The van der Waals surface area contributed by atoms with Gasteiger partial charge in [0.2, 0.25) is 0 Å². The molecule has 0 saturated carbocycles. The van der Waals surface area contributed by atoms with Gasteiger partial charge in [-0.2, -0.15) is 0 Å². The van der Waals surface area contributed by atoms with Crippen LogP contribution in [0.4, 0.5) is 11.5 Å². The minimum Gasteiger partial charge on any atom is -0.460 e. The number of carbonyl (C=O) groups excluding carboxylic acids is 1. The van der Waals surface area contributed by atoms with E-state index in [-0.39, 0.29) is 31.0 Å². The molecule has 0 unspecified atom stereocenters. The maximum absolute atomic E-state index is 12.1. The first kappa shape index (κ1) is 24.2. The van der Waals surface area contributed by atoms with Crippen molar-refractivity contribution >= 4 is 40.7 Å². The molecule has 10 nitrogen and oxygen atoms in total. The van der Waals surface area contributed by atoms with Crippen molar-refractivity contribution in [2.24, 2.45) is 0 Å². The van der Waals surface area contributed by atoms with Crippen LogP contribution in [-0.2, 0) is 25.6 Å². The van der Waals surface area contributed by atoms with Crippen LogP contribution >= 0.6 is 23.2 Å². The van der Waals surface area contributed by atoms with Gasteiger partial charge in [0, 0.05) is 17.6 Å². The zero-order valence-electron chi connectivity index (χ0n) is 18.9. The molecule has 3 heterocycles. The Kier molecular flexibility index (Phi) is 7.22. The lowest BCUT2D eigenvalue weighted by molar-refractivity contribution is -0.154. The van der Waals surface area contributed by atoms with Gasteiger partial charge in [-0.05, 0) is 57.0 Å². The van der Waals surface area contributed by atoms with E-state index < -0.39 is 5.60 Å². The van der Waals surface area contributed by atoms with Crippen LogP contribution < -0.4 is 10.1 Å². The molecule has 0 radical (unpaired) electrons. The maximum atomic E-state index is 12.1. The number of rotatable bonds is 6. The number of nitrogens with zero attached hydrogens (tertiary/aromatic N) is 6. The molecule has 4 rings (SSSR count). The topological polar surface area (TPSA) is 94.8 Å². The van der Waals surface area contributed by atoms with Gasteiger partial charge >= 0.3 is 5.97 Å². The molecule has 34 heavy (non-hydrogen) atoms. The Balaban J connectivity index is 1.45. The van der Waals surface area contributed by atoms with Crippen molar-refractivity contribution in [2.75, 3.05) is 23.6 Å².